The number of carbonyl (C=O) groups excluding carboxylic acids is 1. The molecule has 1 saturated heterocycles. The summed E-state index contributed by atoms with van der Waals surface area (Å²) in [6.45, 7) is 5.40. The maximum Gasteiger partial charge on any atom is 0.237 e. The highest BCUT2D eigenvalue weighted by molar-refractivity contribution is 5.84. The largest absolute Gasteiger partial charge is 0.464 e. The molecule has 0 bridgehead atoms. The fourth-order valence-electron chi connectivity index (χ4n) is 4.21. The summed E-state index contributed by atoms with van der Waals surface area (Å²) in [6.07, 6.45) is 9.99. The lowest BCUT2D eigenvalue weighted by molar-refractivity contribution is -0.132. The second-order valence-corrected chi connectivity index (χ2v) is 7.82. The molecule has 1 amide bonds. The number of aromatic nitrogens is 2. The Hall–Kier alpha value is -3.19. The number of rotatable bonds is 4. The fourth-order valence-corrected chi connectivity index (χ4v) is 4.21. The molecule has 7 nitrogen and oxygen atoms in total. The number of amides is 1. The summed E-state index contributed by atoms with van der Waals surface area (Å²) >= 11 is 0. The Morgan fingerprint density at radius 1 is 1.07 bits per heavy atom. The average molecular weight is 403 g/mol. The third-order valence-corrected chi connectivity index (χ3v) is 5.99. The number of piperazine rings is 1. The molecule has 5 rings (SSSR count). The molecule has 2 aromatic heterocycles. The Kier molecular flexibility index (Phi) is 5.19. The number of benzene rings is 1. The van der Waals surface area contributed by atoms with Crippen molar-refractivity contribution in [2.24, 2.45) is 0 Å². The highest BCUT2D eigenvalue weighted by Crippen LogP contribution is 2.26. The average Bonchev–Trinajstić information content (AvgIpc) is 3.28. The normalized spacial score (nSPS) is 17.9. The molecular weight excluding hydrogens is 378 g/mol. The number of anilines is 1. The van der Waals surface area contributed by atoms with Crippen LogP contribution in [0.15, 0.2) is 59.6 Å². The quantitative estimate of drug-likeness (QED) is 0.667. The van der Waals surface area contributed by atoms with Crippen LogP contribution < -0.4 is 4.90 Å². The van der Waals surface area contributed by atoms with Crippen molar-refractivity contribution in [2.45, 2.75) is 6.42 Å². The lowest BCUT2D eigenvalue weighted by atomic mass is 9.98. The molecule has 0 atom stereocenters. The van der Waals surface area contributed by atoms with Gasteiger partial charge in [0.15, 0.2) is 0 Å². The van der Waals surface area contributed by atoms with Crippen LogP contribution in [-0.2, 0) is 4.79 Å². The van der Waals surface area contributed by atoms with Crippen LogP contribution >= 0.6 is 0 Å². The van der Waals surface area contributed by atoms with Crippen LogP contribution in [-0.4, -0.2) is 71.5 Å². The molecule has 0 aliphatic carbocycles. The molecule has 4 heterocycles. The molecule has 2 aliphatic rings. The summed E-state index contributed by atoms with van der Waals surface area (Å²) in [7, 11) is 0. The van der Waals surface area contributed by atoms with Gasteiger partial charge in [0.1, 0.15) is 11.4 Å². The monoisotopic (exact) mass is 403 g/mol. The van der Waals surface area contributed by atoms with Gasteiger partial charge in [0.2, 0.25) is 5.91 Å². The summed E-state index contributed by atoms with van der Waals surface area (Å²) in [4.78, 5) is 27.7. The number of hydrogen-bond acceptors (Lipinski definition) is 6. The predicted molar refractivity (Wildman–Crippen MR) is 116 cm³/mol. The Bertz CT molecular complexity index is 1050. The minimum atomic E-state index is 0.212. The van der Waals surface area contributed by atoms with Crippen molar-refractivity contribution in [1.82, 2.24) is 19.8 Å². The molecule has 0 N–H and O–H groups in total. The van der Waals surface area contributed by atoms with Crippen LogP contribution in [0.4, 0.5) is 5.82 Å². The van der Waals surface area contributed by atoms with E-state index < -0.39 is 0 Å². The lowest BCUT2D eigenvalue weighted by Crippen LogP contribution is -2.50. The van der Waals surface area contributed by atoms with E-state index in [-0.39, 0.29) is 5.91 Å². The van der Waals surface area contributed by atoms with Gasteiger partial charge in [-0.1, -0.05) is 12.1 Å². The van der Waals surface area contributed by atoms with E-state index in [1.54, 1.807) is 24.9 Å². The van der Waals surface area contributed by atoms with Crippen LogP contribution in [0, 0.1) is 0 Å². The van der Waals surface area contributed by atoms with Crippen LogP contribution in [0.2, 0.25) is 0 Å². The first-order valence-corrected chi connectivity index (χ1v) is 10.4. The van der Waals surface area contributed by atoms with Gasteiger partial charge >= 0.3 is 0 Å². The van der Waals surface area contributed by atoms with Crippen LogP contribution in [0.1, 0.15) is 12.0 Å². The van der Waals surface area contributed by atoms with Gasteiger partial charge in [0, 0.05) is 57.0 Å². The zero-order chi connectivity index (χ0) is 20.3. The van der Waals surface area contributed by atoms with Crippen molar-refractivity contribution in [1.29, 1.82) is 0 Å². The Morgan fingerprint density at radius 3 is 2.73 bits per heavy atom. The number of nitrogens with zero attached hydrogens (tertiary/aromatic N) is 5. The SMILES string of the molecule is O=C(CN1CCN(c2cnccn2)CC1)N1CC=C(c2ccc3occc3c2)CC1. The summed E-state index contributed by atoms with van der Waals surface area (Å²) in [5, 5.41) is 1.12. The smallest absolute Gasteiger partial charge is 0.237 e. The highest BCUT2D eigenvalue weighted by Gasteiger charge is 2.23. The molecule has 0 spiro atoms. The van der Waals surface area contributed by atoms with Gasteiger partial charge in [-0.25, -0.2) is 4.98 Å². The third kappa shape index (κ3) is 3.93. The minimum Gasteiger partial charge on any atom is -0.464 e. The molecule has 3 aromatic rings. The van der Waals surface area contributed by atoms with E-state index in [9.17, 15) is 4.79 Å². The number of hydrogen-bond donors (Lipinski definition) is 0. The van der Waals surface area contributed by atoms with E-state index in [1.807, 2.05) is 17.0 Å². The predicted octanol–water partition coefficient (Wildman–Crippen LogP) is 2.66. The topological polar surface area (TPSA) is 65.7 Å². The van der Waals surface area contributed by atoms with Crippen molar-refractivity contribution in [3.63, 3.8) is 0 Å². The molecule has 7 heteroatoms. The Balaban J connectivity index is 1.14. The second kappa shape index (κ2) is 8.28. The van der Waals surface area contributed by atoms with Gasteiger partial charge in [-0.2, -0.15) is 0 Å². The van der Waals surface area contributed by atoms with E-state index in [2.05, 4.69) is 38.0 Å². The van der Waals surface area contributed by atoms with Gasteiger partial charge < -0.3 is 14.2 Å². The second-order valence-electron chi connectivity index (χ2n) is 7.82. The summed E-state index contributed by atoms with van der Waals surface area (Å²) in [5.41, 5.74) is 3.43. The van der Waals surface area contributed by atoms with Gasteiger partial charge in [-0.3, -0.25) is 14.7 Å². The van der Waals surface area contributed by atoms with Crippen LogP contribution in [0.25, 0.3) is 16.5 Å². The minimum absolute atomic E-state index is 0.212. The molecule has 0 saturated carbocycles. The van der Waals surface area contributed by atoms with Crippen molar-refractivity contribution in [3.8, 4) is 0 Å². The molecule has 1 aromatic carbocycles. The third-order valence-electron chi connectivity index (χ3n) is 5.99. The van der Waals surface area contributed by atoms with E-state index in [1.165, 1.54) is 11.1 Å². The van der Waals surface area contributed by atoms with E-state index in [4.69, 9.17) is 4.42 Å². The van der Waals surface area contributed by atoms with Crippen molar-refractivity contribution >= 4 is 28.3 Å². The molecule has 154 valence electrons. The number of carbonyl (C=O) groups is 1. The first-order chi connectivity index (χ1) is 14.8. The summed E-state index contributed by atoms with van der Waals surface area (Å²) in [6, 6.07) is 8.27. The van der Waals surface area contributed by atoms with Crippen LogP contribution in [0.5, 0.6) is 0 Å². The molecule has 0 radical (unpaired) electrons. The first-order valence-electron chi connectivity index (χ1n) is 10.4. The number of furan rings is 1. The molecular formula is C23H25N5O2. The lowest BCUT2D eigenvalue weighted by Gasteiger charge is -2.36. The molecule has 30 heavy (non-hydrogen) atoms. The van der Waals surface area contributed by atoms with E-state index in [0.717, 1.165) is 55.9 Å². The van der Waals surface area contributed by atoms with Gasteiger partial charge in [0.25, 0.3) is 0 Å². The molecule has 2 aliphatic heterocycles. The number of fused-ring (bicyclic) bond motifs is 1. The van der Waals surface area contributed by atoms with Gasteiger partial charge in [0.05, 0.1) is 19.0 Å². The van der Waals surface area contributed by atoms with E-state index >= 15 is 0 Å². The van der Waals surface area contributed by atoms with Gasteiger partial charge in [-0.15, -0.1) is 0 Å². The molecule has 1 fully saturated rings. The zero-order valence-electron chi connectivity index (χ0n) is 16.9. The fraction of sp³-hybridized carbons (Fsp3) is 0.348. The summed E-state index contributed by atoms with van der Waals surface area (Å²) < 4.78 is 5.43. The zero-order valence-corrected chi connectivity index (χ0v) is 16.9. The van der Waals surface area contributed by atoms with Crippen LogP contribution in [0.3, 0.4) is 0 Å². The first kappa shape index (κ1) is 18.8. The van der Waals surface area contributed by atoms with Crippen molar-refractivity contribution in [2.75, 3.05) is 50.7 Å². The maximum absolute atomic E-state index is 12.8. The molecule has 0 unspecified atom stereocenters. The standard InChI is InChI=1S/C23H25N5O2/c29-23(17-26-10-12-27(13-11-26)22-16-24-6-7-25-22)28-8-3-18(4-9-28)19-1-2-21-20(15-19)5-14-30-21/h1-3,5-7,14-16H,4,8-13,17H2. The Morgan fingerprint density at radius 2 is 1.97 bits per heavy atom. The van der Waals surface area contributed by atoms with Crippen molar-refractivity contribution in [3.05, 3.63) is 60.8 Å². The highest BCUT2D eigenvalue weighted by atomic mass is 16.3. The van der Waals surface area contributed by atoms with E-state index in [0.29, 0.717) is 13.1 Å². The van der Waals surface area contributed by atoms with Crippen molar-refractivity contribution < 1.29 is 9.21 Å². The Labute approximate surface area is 175 Å². The maximum atomic E-state index is 12.8. The van der Waals surface area contributed by atoms with Gasteiger partial charge in [-0.05, 0) is 35.8 Å². The summed E-state index contributed by atoms with van der Waals surface area (Å²) in [5.74, 6) is 1.12.